The third kappa shape index (κ3) is 6.87. The summed E-state index contributed by atoms with van der Waals surface area (Å²) in [6, 6.07) is 6.34. The van der Waals surface area contributed by atoms with Crippen molar-refractivity contribution in [2.75, 3.05) is 0 Å². The fraction of sp³-hybridized carbons (Fsp3) is 0.474. The normalized spacial score (nSPS) is 11.6. The van der Waals surface area contributed by atoms with E-state index in [1.54, 1.807) is 38.1 Å². The Morgan fingerprint density at radius 3 is 2.24 bits per heavy atom. The van der Waals surface area contributed by atoms with Crippen molar-refractivity contribution in [1.82, 2.24) is 5.06 Å². The van der Waals surface area contributed by atoms with Gasteiger partial charge in [0, 0.05) is 6.08 Å². The van der Waals surface area contributed by atoms with Gasteiger partial charge in [0.05, 0.1) is 12.1 Å². The van der Waals surface area contributed by atoms with Crippen LogP contribution in [0.15, 0.2) is 36.9 Å². The third-order valence-corrected chi connectivity index (χ3v) is 3.35. The summed E-state index contributed by atoms with van der Waals surface area (Å²) in [4.78, 5) is 29.3. The van der Waals surface area contributed by atoms with Gasteiger partial charge in [-0.05, 0) is 51.0 Å². The molecule has 0 radical (unpaired) electrons. The maximum Gasteiger partial charge on any atom is 0.443 e. The zero-order chi connectivity index (χ0) is 18.8. The molecule has 6 heteroatoms. The topological polar surface area (TPSA) is 65.1 Å². The van der Waals surface area contributed by atoms with E-state index < -0.39 is 12.1 Å². The first kappa shape index (κ1) is 20.5. The standard InChI is InChI=1S/C19H27NO5/c1-6-9-15(7-2)20(19(22)23-14(4)5)25-17-12-10-16(11-13-17)24-18(21)8-3/h8,10-15H,3,6-7,9H2,1-2,4-5H3. The Morgan fingerprint density at radius 2 is 1.76 bits per heavy atom. The van der Waals surface area contributed by atoms with Gasteiger partial charge in [-0.1, -0.05) is 26.8 Å². The molecule has 1 atom stereocenters. The summed E-state index contributed by atoms with van der Waals surface area (Å²) < 4.78 is 10.3. The number of hydrogen-bond acceptors (Lipinski definition) is 5. The second kappa shape index (κ2) is 10.4. The predicted octanol–water partition coefficient (Wildman–Crippen LogP) is 4.50. The van der Waals surface area contributed by atoms with Gasteiger partial charge in [-0.2, -0.15) is 0 Å². The Morgan fingerprint density at radius 1 is 1.16 bits per heavy atom. The van der Waals surface area contributed by atoms with Gasteiger partial charge in [-0.15, -0.1) is 5.06 Å². The van der Waals surface area contributed by atoms with Crippen LogP contribution in [0.1, 0.15) is 47.0 Å². The average Bonchev–Trinajstić information content (AvgIpc) is 2.58. The summed E-state index contributed by atoms with van der Waals surface area (Å²) >= 11 is 0. The molecule has 0 N–H and O–H groups in total. The van der Waals surface area contributed by atoms with Gasteiger partial charge < -0.3 is 14.3 Å². The lowest BCUT2D eigenvalue weighted by molar-refractivity contribution is -0.128. The van der Waals surface area contributed by atoms with Gasteiger partial charge in [-0.3, -0.25) is 0 Å². The lowest BCUT2D eigenvalue weighted by Gasteiger charge is -2.29. The van der Waals surface area contributed by atoms with E-state index in [-0.39, 0.29) is 12.1 Å². The van der Waals surface area contributed by atoms with Crippen molar-refractivity contribution in [1.29, 1.82) is 0 Å². The molecule has 0 aliphatic heterocycles. The lowest BCUT2D eigenvalue weighted by Crippen LogP contribution is -2.43. The van der Waals surface area contributed by atoms with Crippen LogP contribution in [0.4, 0.5) is 4.79 Å². The van der Waals surface area contributed by atoms with Crippen molar-refractivity contribution < 1.29 is 23.9 Å². The number of nitrogens with zero attached hydrogens (tertiary/aromatic N) is 1. The number of ether oxygens (including phenoxy) is 2. The quantitative estimate of drug-likeness (QED) is 0.284. The number of esters is 1. The Labute approximate surface area is 149 Å². The maximum absolute atomic E-state index is 12.4. The van der Waals surface area contributed by atoms with Crippen molar-refractivity contribution in [3.05, 3.63) is 36.9 Å². The first-order valence-corrected chi connectivity index (χ1v) is 8.53. The Bertz CT molecular complexity index is 568. The van der Waals surface area contributed by atoms with Crippen LogP contribution in [0, 0.1) is 0 Å². The van der Waals surface area contributed by atoms with Crippen LogP contribution in [0.5, 0.6) is 11.5 Å². The monoisotopic (exact) mass is 349 g/mol. The molecule has 0 saturated heterocycles. The molecule has 1 rings (SSSR count). The molecule has 0 saturated carbocycles. The van der Waals surface area contributed by atoms with E-state index in [1.807, 2.05) is 6.92 Å². The first-order valence-electron chi connectivity index (χ1n) is 8.53. The summed E-state index contributed by atoms with van der Waals surface area (Å²) in [5, 5.41) is 1.29. The Kier molecular flexibility index (Phi) is 8.53. The van der Waals surface area contributed by atoms with Gasteiger partial charge in [0.25, 0.3) is 0 Å². The van der Waals surface area contributed by atoms with Crippen LogP contribution < -0.4 is 9.57 Å². The smallest absolute Gasteiger partial charge is 0.443 e. The molecule has 0 spiro atoms. The highest BCUT2D eigenvalue weighted by Crippen LogP contribution is 2.22. The van der Waals surface area contributed by atoms with Gasteiger partial charge >= 0.3 is 12.1 Å². The van der Waals surface area contributed by atoms with E-state index in [2.05, 4.69) is 13.5 Å². The number of hydrogen-bond donors (Lipinski definition) is 0. The van der Waals surface area contributed by atoms with Crippen LogP contribution in [0.25, 0.3) is 0 Å². The molecule has 1 amide bonds. The van der Waals surface area contributed by atoms with Crippen LogP contribution >= 0.6 is 0 Å². The summed E-state index contributed by atoms with van der Waals surface area (Å²) in [6.07, 6.45) is 2.80. The van der Waals surface area contributed by atoms with Crippen molar-refractivity contribution in [3.63, 3.8) is 0 Å². The third-order valence-electron chi connectivity index (χ3n) is 3.35. The number of benzene rings is 1. The molecule has 1 aromatic rings. The van der Waals surface area contributed by atoms with Crippen LogP contribution in [-0.2, 0) is 9.53 Å². The van der Waals surface area contributed by atoms with Crippen molar-refractivity contribution in [3.8, 4) is 11.5 Å². The van der Waals surface area contributed by atoms with E-state index >= 15 is 0 Å². The van der Waals surface area contributed by atoms with Gasteiger partial charge in [0.1, 0.15) is 5.75 Å². The number of carbonyl (C=O) groups excluding carboxylic acids is 2. The molecule has 0 aromatic heterocycles. The Balaban J connectivity index is 2.90. The van der Waals surface area contributed by atoms with E-state index in [9.17, 15) is 9.59 Å². The van der Waals surface area contributed by atoms with Crippen LogP contribution in [0.3, 0.4) is 0 Å². The Hall–Kier alpha value is -2.50. The highest BCUT2D eigenvalue weighted by molar-refractivity contribution is 5.83. The fourth-order valence-corrected chi connectivity index (χ4v) is 2.17. The summed E-state index contributed by atoms with van der Waals surface area (Å²) in [5.41, 5.74) is 0. The maximum atomic E-state index is 12.4. The van der Waals surface area contributed by atoms with E-state index in [4.69, 9.17) is 14.3 Å². The SMILES string of the molecule is C=CC(=O)Oc1ccc(ON(C(=O)OC(C)C)C(CC)CCC)cc1. The highest BCUT2D eigenvalue weighted by Gasteiger charge is 2.26. The van der Waals surface area contributed by atoms with Crippen molar-refractivity contribution >= 4 is 12.1 Å². The van der Waals surface area contributed by atoms with E-state index in [0.29, 0.717) is 11.5 Å². The summed E-state index contributed by atoms with van der Waals surface area (Å²) in [7, 11) is 0. The molecule has 6 nitrogen and oxygen atoms in total. The summed E-state index contributed by atoms with van der Waals surface area (Å²) in [5.74, 6) is 0.285. The molecular weight excluding hydrogens is 322 g/mol. The molecule has 1 unspecified atom stereocenters. The summed E-state index contributed by atoms with van der Waals surface area (Å²) in [6.45, 7) is 11.0. The van der Waals surface area contributed by atoms with E-state index in [0.717, 1.165) is 25.3 Å². The second-order valence-corrected chi connectivity index (χ2v) is 5.80. The zero-order valence-electron chi connectivity index (χ0n) is 15.4. The fourth-order valence-electron chi connectivity index (χ4n) is 2.17. The lowest BCUT2D eigenvalue weighted by atomic mass is 10.1. The minimum Gasteiger partial charge on any atom is -0.445 e. The average molecular weight is 349 g/mol. The molecule has 138 valence electrons. The molecule has 0 aliphatic carbocycles. The molecule has 0 aliphatic rings. The van der Waals surface area contributed by atoms with Crippen LogP contribution in [-0.4, -0.2) is 29.3 Å². The minimum absolute atomic E-state index is 0.0884. The second-order valence-electron chi connectivity index (χ2n) is 5.80. The van der Waals surface area contributed by atoms with E-state index in [1.165, 1.54) is 5.06 Å². The largest absolute Gasteiger partial charge is 0.445 e. The zero-order valence-corrected chi connectivity index (χ0v) is 15.4. The molecule has 0 bridgehead atoms. The number of carbonyl (C=O) groups is 2. The number of hydroxylamine groups is 2. The number of rotatable bonds is 9. The number of amides is 1. The first-order chi connectivity index (χ1) is 11.9. The van der Waals surface area contributed by atoms with Crippen molar-refractivity contribution in [2.24, 2.45) is 0 Å². The van der Waals surface area contributed by atoms with Crippen LogP contribution in [0.2, 0.25) is 0 Å². The predicted molar refractivity (Wildman–Crippen MR) is 95.3 cm³/mol. The molecular formula is C19H27NO5. The minimum atomic E-state index is -0.537. The van der Waals surface area contributed by atoms with Gasteiger partial charge in [0.2, 0.25) is 0 Å². The van der Waals surface area contributed by atoms with Crippen molar-refractivity contribution in [2.45, 2.75) is 59.1 Å². The molecule has 25 heavy (non-hydrogen) atoms. The highest BCUT2D eigenvalue weighted by atomic mass is 16.7. The van der Waals surface area contributed by atoms with Gasteiger partial charge in [-0.25, -0.2) is 9.59 Å². The molecule has 0 heterocycles. The molecule has 1 aromatic carbocycles. The van der Waals surface area contributed by atoms with Gasteiger partial charge in [0.15, 0.2) is 5.75 Å². The molecule has 0 fully saturated rings.